The van der Waals surface area contributed by atoms with Crippen molar-refractivity contribution in [2.24, 2.45) is 17.0 Å². The number of carbonyl (C=O) groups excluding carboxylic acids is 6. The first-order chi connectivity index (χ1) is 30.5. The minimum atomic E-state index is -0.622. The van der Waals surface area contributed by atoms with E-state index in [0.717, 1.165) is 25.7 Å². The number of carbonyl (C=O) groups is 6. The van der Waals surface area contributed by atoms with Gasteiger partial charge in [0.05, 0.1) is 68.6 Å². The molecule has 0 radical (unpaired) electrons. The van der Waals surface area contributed by atoms with Gasteiger partial charge in [-0.3, -0.25) is 38.8 Å². The van der Waals surface area contributed by atoms with Gasteiger partial charge in [0.2, 0.25) is 23.5 Å². The molecule has 2 atom stereocenters. The van der Waals surface area contributed by atoms with Crippen LogP contribution in [-0.4, -0.2) is 139 Å². The Hall–Kier alpha value is -6.99. The van der Waals surface area contributed by atoms with Gasteiger partial charge in [-0.1, -0.05) is 0 Å². The topological polar surface area (TPSA) is 236 Å². The van der Waals surface area contributed by atoms with Gasteiger partial charge in [-0.15, -0.1) is 0 Å². The van der Waals surface area contributed by atoms with E-state index in [1.165, 1.54) is 25.0 Å². The summed E-state index contributed by atoms with van der Waals surface area (Å²) >= 11 is 0. The average Bonchev–Trinajstić information content (AvgIpc) is 4.01. The maximum absolute atomic E-state index is 13.1. The number of imidazole rings is 1. The third-order valence-electron chi connectivity index (χ3n) is 11.1. The van der Waals surface area contributed by atoms with Crippen molar-refractivity contribution in [1.29, 1.82) is 0 Å². The van der Waals surface area contributed by atoms with Crippen molar-refractivity contribution in [1.82, 2.24) is 35.3 Å². The van der Waals surface area contributed by atoms with Gasteiger partial charge in [0.15, 0.2) is 28.8 Å². The largest absolute Gasteiger partial charge is 0.493 e. The number of hydrogen-bond acceptors (Lipinski definition) is 13. The highest BCUT2D eigenvalue weighted by molar-refractivity contribution is 6.04. The number of anilines is 1. The Kier molecular flexibility index (Phi) is 14.2. The van der Waals surface area contributed by atoms with Crippen LogP contribution in [0.2, 0.25) is 0 Å². The lowest BCUT2D eigenvalue weighted by Crippen LogP contribution is -2.40. The quantitative estimate of drug-likeness (QED) is 0.128. The van der Waals surface area contributed by atoms with Crippen LogP contribution in [0.15, 0.2) is 40.4 Å². The zero-order valence-electron chi connectivity index (χ0n) is 35.6. The third-order valence-corrected chi connectivity index (χ3v) is 11.1. The second kappa shape index (κ2) is 20.3. The van der Waals surface area contributed by atoms with Crippen LogP contribution in [0.1, 0.15) is 82.7 Å². The molecule has 3 aromatic rings. The zero-order chi connectivity index (χ0) is 44.5. The number of aromatic nitrogens is 2. The SMILES string of the molecule is COc1cc2c(cc1OCCCC(=O)NCCNC(=O)CNC(=O)c1nc(NC(=O)CCCOc3cc4c(cc3OC)C(=O)N3CCC[C@@H]3C=N4)cn1C)N=C[C@H]1CCCN1C2=O. The molecule has 0 bridgehead atoms. The number of aryl methyl sites for hydroxylation is 1. The van der Waals surface area contributed by atoms with Crippen molar-refractivity contribution in [2.75, 3.05) is 65.5 Å². The van der Waals surface area contributed by atoms with Gasteiger partial charge in [-0.05, 0) is 50.7 Å². The first kappa shape index (κ1) is 44.1. The summed E-state index contributed by atoms with van der Waals surface area (Å²) in [6.07, 6.45) is 9.76. The Bertz CT molecular complexity index is 2310. The molecule has 334 valence electrons. The number of methoxy groups -OCH3 is 2. The smallest absolute Gasteiger partial charge is 0.287 e. The van der Waals surface area contributed by atoms with Crippen molar-refractivity contribution in [2.45, 2.75) is 63.5 Å². The van der Waals surface area contributed by atoms with Crippen LogP contribution >= 0.6 is 0 Å². The zero-order valence-corrected chi connectivity index (χ0v) is 35.6. The number of ether oxygens (including phenoxy) is 4. The lowest BCUT2D eigenvalue weighted by molar-refractivity contribution is -0.122. The minimum absolute atomic E-state index is 0.0103. The Balaban J connectivity index is 0.761. The average molecular weight is 869 g/mol. The lowest BCUT2D eigenvalue weighted by Gasteiger charge is -2.20. The van der Waals surface area contributed by atoms with E-state index in [9.17, 15) is 28.8 Å². The van der Waals surface area contributed by atoms with E-state index >= 15 is 0 Å². The minimum Gasteiger partial charge on any atom is -0.493 e. The number of benzene rings is 2. The lowest BCUT2D eigenvalue weighted by atomic mass is 10.1. The number of aliphatic imine (C=N–C) groups is 2. The maximum atomic E-state index is 13.1. The number of rotatable bonds is 19. The van der Waals surface area contributed by atoms with E-state index in [2.05, 4.69) is 36.2 Å². The molecule has 2 saturated heterocycles. The number of fused-ring (bicyclic) bond motifs is 4. The molecule has 1 aromatic heterocycles. The van der Waals surface area contributed by atoms with Crippen LogP contribution in [-0.2, 0) is 21.4 Å². The molecule has 6 amide bonds. The Labute approximate surface area is 363 Å². The molecule has 4 aliphatic rings. The van der Waals surface area contributed by atoms with Crippen molar-refractivity contribution in [3.63, 3.8) is 0 Å². The van der Waals surface area contributed by atoms with Gasteiger partial charge in [-0.25, -0.2) is 4.98 Å². The molecule has 0 spiro atoms. The van der Waals surface area contributed by atoms with E-state index in [-0.39, 0.29) is 93.0 Å². The summed E-state index contributed by atoms with van der Waals surface area (Å²) in [4.78, 5) is 93.4. The molecule has 2 fully saturated rings. The van der Waals surface area contributed by atoms with Gasteiger partial charge in [0, 0.05) is 76.8 Å². The van der Waals surface area contributed by atoms with Crippen LogP contribution in [0.4, 0.5) is 17.2 Å². The van der Waals surface area contributed by atoms with Crippen molar-refractivity contribution < 1.29 is 47.7 Å². The summed E-state index contributed by atoms with van der Waals surface area (Å²) in [5, 5.41) is 10.5. The van der Waals surface area contributed by atoms with Crippen molar-refractivity contribution >= 4 is 65.1 Å². The van der Waals surface area contributed by atoms with Crippen LogP contribution in [0.5, 0.6) is 23.0 Å². The first-order valence-corrected chi connectivity index (χ1v) is 21.1. The molecule has 0 aliphatic carbocycles. The highest BCUT2D eigenvalue weighted by Gasteiger charge is 2.34. The number of nitrogens with zero attached hydrogens (tertiary/aromatic N) is 6. The number of nitrogens with one attached hydrogen (secondary N) is 4. The molecule has 4 N–H and O–H groups in total. The Morgan fingerprint density at radius 2 is 1.22 bits per heavy atom. The predicted molar refractivity (Wildman–Crippen MR) is 230 cm³/mol. The molecule has 4 aliphatic heterocycles. The standard InChI is InChI=1S/C43H52N10O10/c1-51-25-36(49-38(55)11-7-17-63-35-21-31-29(19-33(35)61-3)43(59)53-15-5-9-27(53)23-47-31)50-40(51)41(57)48-24-39(56)45-13-12-44-37(54)10-6-16-62-34-20-30-28(18-32(34)60-2)42(58)52-14-4-8-26(52)22-46-30/h18-23,25-27H,4-17,24H2,1-3H3,(H,44,54)(H,45,56)(H,48,57)(H,49,55)/t26-,27-/m1/s1. The summed E-state index contributed by atoms with van der Waals surface area (Å²) in [5.74, 6) is -0.0329. The van der Waals surface area contributed by atoms with Crippen LogP contribution in [0, 0.1) is 0 Å². The molecule has 7 rings (SSSR count). The molecule has 0 unspecified atom stereocenters. The van der Waals surface area contributed by atoms with Crippen LogP contribution in [0.25, 0.3) is 0 Å². The molecule has 0 saturated carbocycles. The normalized spacial score (nSPS) is 17.1. The number of amides is 6. The molecular weight excluding hydrogens is 817 g/mol. The summed E-state index contributed by atoms with van der Waals surface area (Å²) in [5.41, 5.74) is 1.95. The summed E-state index contributed by atoms with van der Waals surface area (Å²) in [7, 11) is 4.58. The van der Waals surface area contributed by atoms with E-state index < -0.39 is 11.8 Å². The first-order valence-electron chi connectivity index (χ1n) is 21.1. The monoisotopic (exact) mass is 868 g/mol. The highest BCUT2D eigenvalue weighted by atomic mass is 16.5. The second-order valence-corrected chi connectivity index (χ2v) is 15.4. The molecule has 5 heterocycles. The van der Waals surface area contributed by atoms with Crippen LogP contribution < -0.4 is 40.2 Å². The summed E-state index contributed by atoms with van der Waals surface area (Å²) in [6, 6.07) is 6.63. The summed E-state index contributed by atoms with van der Waals surface area (Å²) < 4.78 is 24.2. The Morgan fingerprint density at radius 3 is 1.76 bits per heavy atom. The Morgan fingerprint density at radius 1 is 0.698 bits per heavy atom. The van der Waals surface area contributed by atoms with Gasteiger partial charge in [0.1, 0.15) is 0 Å². The van der Waals surface area contributed by atoms with Gasteiger partial charge in [0.25, 0.3) is 17.7 Å². The van der Waals surface area contributed by atoms with E-state index in [0.29, 0.717) is 71.4 Å². The van der Waals surface area contributed by atoms with E-state index in [4.69, 9.17) is 18.9 Å². The fourth-order valence-electron chi connectivity index (χ4n) is 7.81. The third kappa shape index (κ3) is 10.6. The summed E-state index contributed by atoms with van der Waals surface area (Å²) in [6.45, 7) is 1.77. The predicted octanol–water partition coefficient (Wildman–Crippen LogP) is 2.70. The van der Waals surface area contributed by atoms with Gasteiger partial charge in [-0.2, -0.15) is 0 Å². The fraction of sp³-hybridized carbons (Fsp3) is 0.465. The molecule has 63 heavy (non-hydrogen) atoms. The second-order valence-electron chi connectivity index (χ2n) is 15.4. The molecule has 20 nitrogen and oxygen atoms in total. The van der Waals surface area contributed by atoms with E-state index in [1.807, 2.05) is 9.80 Å². The van der Waals surface area contributed by atoms with Crippen LogP contribution in [0.3, 0.4) is 0 Å². The van der Waals surface area contributed by atoms with Gasteiger partial charge >= 0.3 is 0 Å². The maximum Gasteiger partial charge on any atom is 0.287 e. The van der Waals surface area contributed by atoms with Gasteiger partial charge < -0.3 is 54.6 Å². The highest BCUT2D eigenvalue weighted by Crippen LogP contribution is 2.39. The molecule has 2 aromatic carbocycles. The van der Waals surface area contributed by atoms with E-state index in [1.54, 1.807) is 43.7 Å². The molecule has 20 heteroatoms. The fourth-order valence-corrected chi connectivity index (χ4v) is 7.81. The van der Waals surface area contributed by atoms with Crippen molar-refractivity contribution in [3.8, 4) is 23.0 Å². The van der Waals surface area contributed by atoms with Crippen molar-refractivity contribution in [3.05, 3.63) is 47.4 Å². The number of hydrogen-bond donors (Lipinski definition) is 4. The molecular formula is C43H52N10O10.